The van der Waals surface area contributed by atoms with Gasteiger partial charge in [-0.1, -0.05) is 6.07 Å². The van der Waals surface area contributed by atoms with Crippen molar-refractivity contribution in [2.75, 3.05) is 12.4 Å². The molecule has 0 unspecified atom stereocenters. The van der Waals surface area contributed by atoms with Crippen LogP contribution in [0, 0.1) is 6.92 Å². The molecule has 1 aromatic carbocycles. The lowest BCUT2D eigenvalue weighted by molar-refractivity contribution is -0.122. The van der Waals surface area contributed by atoms with Crippen LogP contribution in [0.5, 0.6) is 5.75 Å². The summed E-state index contributed by atoms with van der Waals surface area (Å²) in [6, 6.07) is 5.47. The standard InChI is InChI=1S/C12H16N2O3/c1-8-3-4-10(17-2)9(7-8)14-12(16)6-5-11(13)15/h3-4,7H,5-6H2,1-2H3,(H2,13,15)(H,14,16). The van der Waals surface area contributed by atoms with Gasteiger partial charge < -0.3 is 15.8 Å². The van der Waals surface area contributed by atoms with E-state index in [9.17, 15) is 9.59 Å². The van der Waals surface area contributed by atoms with Gasteiger partial charge in [0.05, 0.1) is 12.8 Å². The van der Waals surface area contributed by atoms with E-state index in [0.717, 1.165) is 5.56 Å². The van der Waals surface area contributed by atoms with E-state index in [2.05, 4.69) is 5.32 Å². The lowest BCUT2D eigenvalue weighted by atomic mass is 10.2. The predicted molar refractivity (Wildman–Crippen MR) is 64.8 cm³/mol. The summed E-state index contributed by atoms with van der Waals surface area (Å²) in [5.74, 6) is -0.160. The summed E-state index contributed by atoms with van der Waals surface area (Å²) in [7, 11) is 1.53. The van der Waals surface area contributed by atoms with E-state index >= 15 is 0 Å². The molecule has 0 bridgehead atoms. The Morgan fingerprint density at radius 3 is 2.65 bits per heavy atom. The van der Waals surface area contributed by atoms with E-state index in [1.807, 2.05) is 13.0 Å². The van der Waals surface area contributed by atoms with Crippen LogP contribution in [-0.4, -0.2) is 18.9 Å². The van der Waals surface area contributed by atoms with Crippen molar-refractivity contribution < 1.29 is 14.3 Å². The number of carbonyl (C=O) groups excluding carboxylic acids is 2. The molecular weight excluding hydrogens is 220 g/mol. The van der Waals surface area contributed by atoms with Crippen molar-refractivity contribution in [3.8, 4) is 5.75 Å². The third-order valence-electron chi connectivity index (χ3n) is 2.23. The smallest absolute Gasteiger partial charge is 0.224 e. The summed E-state index contributed by atoms with van der Waals surface area (Å²) in [6.07, 6.45) is 0.117. The molecule has 0 saturated carbocycles. The molecule has 1 aromatic rings. The highest BCUT2D eigenvalue weighted by atomic mass is 16.5. The average Bonchev–Trinajstić information content (AvgIpc) is 2.27. The summed E-state index contributed by atoms with van der Waals surface area (Å²) in [6.45, 7) is 1.92. The maximum atomic E-state index is 11.5. The van der Waals surface area contributed by atoms with Crippen LogP contribution in [-0.2, 0) is 9.59 Å². The molecule has 0 heterocycles. The lowest BCUT2D eigenvalue weighted by Gasteiger charge is -2.10. The average molecular weight is 236 g/mol. The SMILES string of the molecule is COc1ccc(C)cc1NC(=O)CCC(N)=O. The quantitative estimate of drug-likeness (QED) is 0.806. The molecule has 0 aliphatic carbocycles. The van der Waals surface area contributed by atoms with Crippen molar-refractivity contribution in [1.29, 1.82) is 0 Å². The van der Waals surface area contributed by atoms with Crippen molar-refractivity contribution in [2.45, 2.75) is 19.8 Å². The van der Waals surface area contributed by atoms with Crippen LogP contribution in [0.25, 0.3) is 0 Å². The number of benzene rings is 1. The van der Waals surface area contributed by atoms with Gasteiger partial charge in [0, 0.05) is 12.8 Å². The minimum absolute atomic E-state index is 0.0416. The summed E-state index contributed by atoms with van der Waals surface area (Å²) in [4.78, 5) is 22.1. The van der Waals surface area contributed by atoms with Crippen molar-refractivity contribution in [3.05, 3.63) is 23.8 Å². The van der Waals surface area contributed by atoms with Crippen LogP contribution >= 0.6 is 0 Å². The Morgan fingerprint density at radius 2 is 2.06 bits per heavy atom. The first kappa shape index (κ1) is 13.0. The highest BCUT2D eigenvalue weighted by Crippen LogP contribution is 2.25. The Kier molecular flexibility index (Phi) is 4.51. The van der Waals surface area contributed by atoms with Crippen molar-refractivity contribution in [3.63, 3.8) is 0 Å². The number of hydrogen-bond donors (Lipinski definition) is 2. The van der Waals surface area contributed by atoms with E-state index in [4.69, 9.17) is 10.5 Å². The topological polar surface area (TPSA) is 81.4 Å². The van der Waals surface area contributed by atoms with Gasteiger partial charge in [-0.15, -0.1) is 0 Å². The molecule has 92 valence electrons. The van der Waals surface area contributed by atoms with Gasteiger partial charge in [-0.25, -0.2) is 0 Å². The first-order chi connectivity index (χ1) is 8.02. The zero-order valence-electron chi connectivity index (χ0n) is 9.95. The lowest BCUT2D eigenvalue weighted by Crippen LogP contribution is -2.17. The van der Waals surface area contributed by atoms with E-state index in [-0.39, 0.29) is 18.7 Å². The number of carbonyl (C=O) groups is 2. The Labute approximate surface area is 99.9 Å². The zero-order valence-corrected chi connectivity index (χ0v) is 9.95. The maximum Gasteiger partial charge on any atom is 0.224 e. The van der Waals surface area contributed by atoms with Gasteiger partial charge in [0.2, 0.25) is 11.8 Å². The predicted octanol–water partition coefficient (Wildman–Crippen LogP) is 1.21. The maximum absolute atomic E-state index is 11.5. The second-order valence-corrected chi connectivity index (χ2v) is 3.72. The largest absolute Gasteiger partial charge is 0.495 e. The van der Waals surface area contributed by atoms with Gasteiger partial charge in [-0.2, -0.15) is 0 Å². The molecule has 3 N–H and O–H groups in total. The van der Waals surface area contributed by atoms with Crippen LogP contribution in [0.2, 0.25) is 0 Å². The molecule has 1 rings (SSSR count). The third kappa shape index (κ3) is 4.14. The molecule has 0 radical (unpaired) electrons. The Balaban J connectivity index is 2.69. The van der Waals surface area contributed by atoms with Crippen LogP contribution in [0.4, 0.5) is 5.69 Å². The van der Waals surface area contributed by atoms with Gasteiger partial charge >= 0.3 is 0 Å². The van der Waals surface area contributed by atoms with Gasteiger partial charge in [0.15, 0.2) is 0 Å². The number of rotatable bonds is 5. The normalized spacial score (nSPS) is 9.76. The zero-order chi connectivity index (χ0) is 12.8. The second-order valence-electron chi connectivity index (χ2n) is 3.72. The van der Waals surface area contributed by atoms with Crippen LogP contribution in [0.3, 0.4) is 0 Å². The Hall–Kier alpha value is -2.04. The molecular formula is C12H16N2O3. The number of aryl methyl sites for hydroxylation is 1. The molecule has 0 fully saturated rings. The minimum atomic E-state index is -0.489. The van der Waals surface area contributed by atoms with Crippen molar-refractivity contribution >= 4 is 17.5 Å². The van der Waals surface area contributed by atoms with E-state index in [1.54, 1.807) is 12.1 Å². The van der Waals surface area contributed by atoms with Gasteiger partial charge in [0.25, 0.3) is 0 Å². The molecule has 17 heavy (non-hydrogen) atoms. The minimum Gasteiger partial charge on any atom is -0.495 e. The second kappa shape index (κ2) is 5.89. The Morgan fingerprint density at radius 1 is 1.35 bits per heavy atom. The first-order valence-electron chi connectivity index (χ1n) is 5.25. The van der Waals surface area contributed by atoms with Gasteiger partial charge in [0.1, 0.15) is 5.75 Å². The molecule has 2 amide bonds. The fourth-order valence-electron chi connectivity index (χ4n) is 1.37. The number of nitrogens with two attached hydrogens (primary N) is 1. The molecule has 0 spiro atoms. The number of hydrogen-bond acceptors (Lipinski definition) is 3. The summed E-state index contributed by atoms with van der Waals surface area (Å²) >= 11 is 0. The molecule has 5 nitrogen and oxygen atoms in total. The fraction of sp³-hybridized carbons (Fsp3) is 0.333. The number of nitrogens with one attached hydrogen (secondary N) is 1. The molecule has 0 saturated heterocycles. The molecule has 0 aliphatic rings. The number of methoxy groups -OCH3 is 1. The summed E-state index contributed by atoms with van der Waals surface area (Å²) < 4.78 is 5.12. The number of anilines is 1. The van der Waals surface area contributed by atoms with Gasteiger partial charge in [-0.3, -0.25) is 9.59 Å². The summed E-state index contributed by atoms with van der Waals surface area (Å²) in [5, 5.41) is 2.69. The molecule has 0 atom stereocenters. The number of ether oxygens (including phenoxy) is 1. The molecule has 0 aliphatic heterocycles. The Bertz CT molecular complexity index is 430. The highest BCUT2D eigenvalue weighted by Gasteiger charge is 2.08. The number of primary amides is 1. The third-order valence-corrected chi connectivity index (χ3v) is 2.23. The summed E-state index contributed by atoms with van der Waals surface area (Å²) in [5.41, 5.74) is 6.58. The van der Waals surface area contributed by atoms with E-state index in [1.165, 1.54) is 7.11 Å². The van der Waals surface area contributed by atoms with Gasteiger partial charge in [-0.05, 0) is 24.6 Å². The van der Waals surface area contributed by atoms with Crippen LogP contribution in [0.15, 0.2) is 18.2 Å². The number of amides is 2. The van der Waals surface area contributed by atoms with E-state index < -0.39 is 5.91 Å². The van der Waals surface area contributed by atoms with Crippen molar-refractivity contribution in [1.82, 2.24) is 0 Å². The van der Waals surface area contributed by atoms with E-state index in [0.29, 0.717) is 11.4 Å². The molecule has 0 aromatic heterocycles. The molecule has 5 heteroatoms. The highest BCUT2D eigenvalue weighted by molar-refractivity contribution is 5.94. The van der Waals surface area contributed by atoms with Crippen LogP contribution in [0.1, 0.15) is 18.4 Å². The van der Waals surface area contributed by atoms with Crippen LogP contribution < -0.4 is 15.8 Å². The van der Waals surface area contributed by atoms with Crippen molar-refractivity contribution in [2.24, 2.45) is 5.73 Å². The monoisotopic (exact) mass is 236 g/mol. The first-order valence-corrected chi connectivity index (χ1v) is 5.25. The fourth-order valence-corrected chi connectivity index (χ4v) is 1.37.